The van der Waals surface area contributed by atoms with Crippen LogP contribution in [0.2, 0.25) is 0 Å². The first kappa shape index (κ1) is 15.6. The molecule has 0 spiro atoms. The van der Waals surface area contributed by atoms with Crippen molar-refractivity contribution in [3.05, 3.63) is 23.8 Å². The number of rotatable bonds is 7. The second-order valence-corrected chi connectivity index (χ2v) is 3.62. The molecule has 7 heteroatoms. The van der Waals surface area contributed by atoms with Crippen LogP contribution in [-0.4, -0.2) is 33.7 Å². The van der Waals surface area contributed by atoms with Gasteiger partial charge in [0.25, 0.3) is 0 Å². The molecule has 0 unspecified atom stereocenters. The summed E-state index contributed by atoms with van der Waals surface area (Å²) in [5.74, 6) is 0.893. The fourth-order valence-corrected chi connectivity index (χ4v) is 1.52. The van der Waals surface area contributed by atoms with Crippen LogP contribution >= 0.6 is 0 Å². The second kappa shape index (κ2) is 7.20. The van der Waals surface area contributed by atoms with E-state index in [1.807, 2.05) is 0 Å². The molecule has 0 radical (unpaired) electrons. The Balaban J connectivity index is 2.64. The van der Waals surface area contributed by atoms with Gasteiger partial charge in [-0.25, -0.2) is 0 Å². The highest BCUT2D eigenvalue weighted by molar-refractivity contribution is 5.46. The van der Waals surface area contributed by atoms with Crippen molar-refractivity contribution < 1.29 is 27.4 Å². The highest BCUT2D eigenvalue weighted by atomic mass is 19.4. The average molecular weight is 279 g/mol. The molecule has 19 heavy (non-hydrogen) atoms. The van der Waals surface area contributed by atoms with Gasteiger partial charge in [-0.05, 0) is 13.1 Å². The van der Waals surface area contributed by atoms with Crippen molar-refractivity contribution in [1.29, 1.82) is 0 Å². The first-order chi connectivity index (χ1) is 8.98. The predicted octanol–water partition coefficient (Wildman–Crippen LogP) is 2.33. The molecule has 0 bridgehead atoms. The fourth-order valence-electron chi connectivity index (χ4n) is 1.52. The van der Waals surface area contributed by atoms with E-state index in [0.29, 0.717) is 18.0 Å². The van der Waals surface area contributed by atoms with E-state index in [9.17, 15) is 13.2 Å². The van der Waals surface area contributed by atoms with Crippen molar-refractivity contribution in [3.8, 4) is 11.5 Å². The lowest BCUT2D eigenvalue weighted by atomic mass is 10.2. The topological polar surface area (TPSA) is 39.7 Å². The predicted molar refractivity (Wildman–Crippen MR) is 63.3 cm³/mol. The number of alkyl halides is 3. The molecule has 0 aliphatic rings. The van der Waals surface area contributed by atoms with Crippen molar-refractivity contribution in [3.63, 3.8) is 0 Å². The summed E-state index contributed by atoms with van der Waals surface area (Å²) in [6.45, 7) is -0.260. The zero-order valence-corrected chi connectivity index (χ0v) is 10.7. The number of benzene rings is 1. The van der Waals surface area contributed by atoms with Crippen LogP contribution in [0.4, 0.5) is 13.2 Å². The van der Waals surface area contributed by atoms with E-state index in [4.69, 9.17) is 9.47 Å². The highest BCUT2D eigenvalue weighted by Gasteiger charge is 2.28. The van der Waals surface area contributed by atoms with Crippen LogP contribution in [0.25, 0.3) is 0 Å². The Morgan fingerprint density at radius 3 is 2.53 bits per heavy atom. The molecule has 1 rings (SSSR count). The van der Waals surface area contributed by atoms with Gasteiger partial charge in [-0.1, -0.05) is 12.1 Å². The second-order valence-electron chi connectivity index (χ2n) is 3.62. The van der Waals surface area contributed by atoms with Crippen LogP contribution in [0.3, 0.4) is 0 Å². The van der Waals surface area contributed by atoms with Crippen molar-refractivity contribution in [1.82, 2.24) is 5.32 Å². The first-order valence-electron chi connectivity index (χ1n) is 5.62. The number of methoxy groups -OCH3 is 1. The first-order valence-corrected chi connectivity index (χ1v) is 5.62. The molecule has 0 heterocycles. The van der Waals surface area contributed by atoms with Crippen LogP contribution in [-0.2, 0) is 11.3 Å². The fraction of sp³-hybridized carbons (Fsp3) is 0.500. The summed E-state index contributed by atoms with van der Waals surface area (Å²) in [5.41, 5.74) is 0.800. The quantitative estimate of drug-likeness (QED) is 0.778. The van der Waals surface area contributed by atoms with Gasteiger partial charge >= 0.3 is 6.36 Å². The lowest BCUT2D eigenvalue weighted by molar-refractivity contribution is -0.325. The summed E-state index contributed by atoms with van der Waals surface area (Å²) in [6, 6.07) is 5.27. The number of para-hydroxylation sites is 1. The van der Waals surface area contributed by atoms with E-state index >= 15 is 0 Å². The molecule has 0 atom stereocenters. The third kappa shape index (κ3) is 5.35. The maximum Gasteiger partial charge on any atom is 0.522 e. The van der Waals surface area contributed by atoms with E-state index in [1.165, 1.54) is 7.11 Å². The summed E-state index contributed by atoms with van der Waals surface area (Å²) in [4.78, 5) is 0. The lowest BCUT2D eigenvalue weighted by Gasteiger charge is -2.15. The molecule has 0 aromatic heterocycles. The molecule has 1 aromatic carbocycles. The maximum absolute atomic E-state index is 11.8. The van der Waals surface area contributed by atoms with E-state index in [0.717, 1.165) is 5.56 Å². The number of halogens is 3. The minimum atomic E-state index is -4.64. The Morgan fingerprint density at radius 1 is 1.21 bits per heavy atom. The van der Waals surface area contributed by atoms with E-state index in [-0.39, 0.29) is 6.61 Å². The average Bonchev–Trinajstić information content (AvgIpc) is 2.35. The summed E-state index contributed by atoms with van der Waals surface area (Å²) in [6.07, 6.45) is -4.64. The summed E-state index contributed by atoms with van der Waals surface area (Å²) < 4.78 is 49.5. The molecule has 0 saturated carbocycles. The largest absolute Gasteiger partial charge is 0.522 e. The molecule has 0 fully saturated rings. The summed E-state index contributed by atoms with van der Waals surface area (Å²) in [7, 11) is 3.23. The molecule has 0 saturated heterocycles. The molecule has 1 aromatic rings. The molecule has 0 aliphatic heterocycles. The van der Waals surface area contributed by atoms with Gasteiger partial charge in [-0.15, -0.1) is 13.2 Å². The van der Waals surface area contributed by atoms with Crippen LogP contribution in [0.1, 0.15) is 5.56 Å². The smallest absolute Gasteiger partial charge is 0.493 e. The molecule has 0 amide bonds. The zero-order valence-electron chi connectivity index (χ0n) is 10.7. The molecule has 108 valence electrons. The summed E-state index contributed by atoms with van der Waals surface area (Å²) in [5, 5.41) is 2.94. The van der Waals surface area contributed by atoms with E-state index in [1.54, 1.807) is 25.2 Å². The minimum absolute atomic E-state index is 0.212. The zero-order chi connectivity index (χ0) is 14.3. The summed E-state index contributed by atoms with van der Waals surface area (Å²) >= 11 is 0. The minimum Gasteiger partial charge on any atom is -0.493 e. The van der Waals surface area contributed by atoms with Gasteiger partial charge in [-0.3, -0.25) is 4.74 Å². The van der Waals surface area contributed by atoms with Gasteiger partial charge in [0.15, 0.2) is 11.5 Å². The van der Waals surface area contributed by atoms with E-state index in [2.05, 4.69) is 10.1 Å². The van der Waals surface area contributed by atoms with Crippen molar-refractivity contribution >= 4 is 0 Å². The van der Waals surface area contributed by atoms with Crippen molar-refractivity contribution in [2.45, 2.75) is 12.9 Å². The SMILES string of the molecule is CNCc1cccc(OC)c1OCCOC(F)(F)F. The van der Waals surface area contributed by atoms with Crippen molar-refractivity contribution in [2.24, 2.45) is 0 Å². The molecular formula is C12H16F3NO3. The third-order valence-corrected chi connectivity index (χ3v) is 2.24. The normalized spacial score (nSPS) is 11.4. The molecule has 4 nitrogen and oxygen atoms in total. The van der Waals surface area contributed by atoms with Crippen LogP contribution < -0.4 is 14.8 Å². The van der Waals surface area contributed by atoms with Gasteiger partial charge < -0.3 is 14.8 Å². The van der Waals surface area contributed by atoms with Crippen LogP contribution in [0, 0.1) is 0 Å². The van der Waals surface area contributed by atoms with Gasteiger partial charge in [0.2, 0.25) is 0 Å². The number of hydrogen-bond donors (Lipinski definition) is 1. The Bertz CT molecular complexity index is 396. The van der Waals surface area contributed by atoms with Gasteiger partial charge in [0.05, 0.1) is 13.7 Å². The van der Waals surface area contributed by atoms with Crippen LogP contribution in [0.5, 0.6) is 11.5 Å². The van der Waals surface area contributed by atoms with Gasteiger partial charge in [0, 0.05) is 12.1 Å². The molecule has 0 aliphatic carbocycles. The molecule has 1 N–H and O–H groups in total. The Labute approximate surface area is 109 Å². The number of hydrogen-bond acceptors (Lipinski definition) is 4. The van der Waals surface area contributed by atoms with Crippen LogP contribution in [0.15, 0.2) is 18.2 Å². The Hall–Kier alpha value is -1.47. The third-order valence-electron chi connectivity index (χ3n) is 2.24. The maximum atomic E-state index is 11.8. The molecular weight excluding hydrogens is 263 g/mol. The Morgan fingerprint density at radius 2 is 1.95 bits per heavy atom. The lowest BCUT2D eigenvalue weighted by Crippen LogP contribution is -2.19. The van der Waals surface area contributed by atoms with Gasteiger partial charge in [0.1, 0.15) is 6.61 Å². The Kier molecular flexibility index (Phi) is 5.91. The van der Waals surface area contributed by atoms with Crippen molar-refractivity contribution in [2.75, 3.05) is 27.4 Å². The van der Waals surface area contributed by atoms with Gasteiger partial charge in [-0.2, -0.15) is 0 Å². The standard InChI is InChI=1S/C12H16F3NO3/c1-16-8-9-4-3-5-10(17-2)11(9)18-6-7-19-12(13,14)15/h3-5,16H,6-8H2,1-2H3. The monoisotopic (exact) mass is 279 g/mol. The van der Waals surface area contributed by atoms with E-state index < -0.39 is 13.0 Å². The number of ether oxygens (including phenoxy) is 3. The highest BCUT2D eigenvalue weighted by Crippen LogP contribution is 2.31. The number of nitrogens with one attached hydrogen (secondary N) is 1.